The van der Waals surface area contributed by atoms with E-state index >= 15 is 0 Å². The lowest BCUT2D eigenvalue weighted by atomic mass is 9.63. The molecule has 1 heterocycles. The molecule has 0 aromatic heterocycles. The molecule has 2 rings (SSSR count). The molecule has 118 valence electrons. The zero-order valence-corrected chi connectivity index (χ0v) is 13.0. The van der Waals surface area contributed by atoms with Gasteiger partial charge in [-0.15, -0.1) is 0 Å². The predicted octanol–water partition coefficient (Wildman–Crippen LogP) is 1.92. The van der Waals surface area contributed by atoms with Gasteiger partial charge in [0.05, 0.1) is 5.92 Å². The Hall–Kier alpha value is -1.59. The van der Waals surface area contributed by atoms with Gasteiger partial charge in [-0.25, -0.2) is 4.79 Å². The van der Waals surface area contributed by atoms with Crippen LogP contribution >= 0.6 is 0 Å². The van der Waals surface area contributed by atoms with E-state index in [2.05, 4.69) is 0 Å². The van der Waals surface area contributed by atoms with Gasteiger partial charge < -0.3 is 14.7 Å². The fraction of sp³-hybridized carbons (Fsp3) is 0.800. The zero-order chi connectivity index (χ0) is 16.0. The van der Waals surface area contributed by atoms with Gasteiger partial charge in [0.2, 0.25) is 0 Å². The highest BCUT2D eigenvalue weighted by atomic mass is 16.6. The highest BCUT2D eigenvalue weighted by molar-refractivity contribution is 5.91. The molecule has 1 amide bonds. The Morgan fingerprint density at radius 1 is 1.38 bits per heavy atom. The highest BCUT2D eigenvalue weighted by Gasteiger charge is 2.52. The number of hydrogen-bond acceptors (Lipinski definition) is 4. The third kappa shape index (κ3) is 3.19. The molecule has 2 fully saturated rings. The average Bonchev–Trinajstić information content (AvgIpc) is 2.28. The van der Waals surface area contributed by atoms with Gasteiger partial charge in [0.25, 0.3) is 0 Å². The Labute approximate surface area is 124 Å². The summed E-state index contributed by atoms with van der Waals surface area (Å²) < 4.78 is 5.36. The van der Waals surface area contributed by atoms with Crippen LogP contribution in [0.15, 0.2) is 0 Å². The first kappa shape index (κ1) is 15.8. The SMILES string of the molecule is CC(C)(C)OC(=O)N1CC2CC(C(=O)O)CC(C)(C1)C2=O. The maximum Gasteiger partial charge on any atom is 0.410 e. The maximum atomic E-state index is 12.4. The van der Waals surface area contributed by atoms with Gasteiger partial charge in [-0.1, -0.05) is 6.92 Å². The molecule has 0 radical (unpaired) electrons. The molecule has 0 aromatic rings. The normalized spacial score (nSPS) is 32.8. The number of carboxylic acids is 1. The zero-order valence-electron chi connectivity index (χ0n) is 13.0. The van der Waals surface area contributed by atoms with Crippen molar-refractivity contribution in [3.05, 3.63) is 0 Å². The van der Waals surface area contributed by atoms with Crippen LogP contribution in [0.5, 0.6) is 0 Å². The molecular formula is C15H23NO5. The van der Waals surface area contributed by atoms with Crippen LogP contribution in [-0.4, -0.2) is 46.5 Å². The number of carbonyl (C=O) groups excluding carboxylic acids is 2. The Morgan fingerprint density at radius 3 is 2.48 bits per heavy atom. The van der Waals surface area contributed by atoms with Crippen molar-refractivity contribution < 1.29 is 24.2 Å². The number of fused-ring (bicyclic) bond motifs is 2. The number of rotatable bonds is 1. The lowest BCUT2D eigenvalue weighted by molar-refractivity contribution is -0.154. The third-order valence-corrected chi connectivity index (χ3v) is 4.21. The largest absolute Gasteiger partial charge is 0.481 e. The van der Waals surface area contributed by atoms with E-state index in [9.17, 15) is 19.5 Å². The van der Waals surface area contributed by atoms with Crippen LogP contribution in [0, 0.1) is 17.3 Å². The van der Waals surface area contributed by atoms with E-state index in [0.29, 0.717) is 6.42 Å². The first-order valence-corrected chi connectivity index (χ1v) is 7.27. The minimum Gasteiger partial charge on any atom is -0.481 e. The molecule has 6 nitrogen and oxygen atoms in total. The smallest absolute Gasteiger partial charge is 0.410 e. The van der Waals surface area contributed by atoms with Crippen LogP contribution in [0.2, 0.25) is 0 Å². The summed E-state index contributed by atoms with van der Waals surface area (Å²) in [6, 6.07) is 0. The Balaban J connectivity index is 2.15. The predicted molar refractivity (Wildman–Crippen MR) is 74.8 cm³/mol. The minimum absolute atomic E-state index is 0.0832. The number of hydrogen-bond donors (Lipinski definition) is 1. The van der Waals surface area contributed by atoms with Crippen LogP contribution in [0.25, 0.3) is 0 Å². The summed E-state index contributed by atoms with van der Waals surface area (Å²) in [5.74, 6) is -1.67. The van der Waals surface area contributed by atoms with E-state index in [4.69, 9.17) is 4.74 Å². The molecule has 1 aliphatic heterocycles. The van der Waals surface area contributed by atoms with E-state index in [1.165, 1.54) is 0 Å². The summed E-state index contributed by atoms with van der Waals surface area (Å²) >= 11 is 0. The van der Waals surface area contributed by atoms with Gasteiger partial charge in [0.15, 0.2) is 0 Å². The number of carbonyl (C=O) groups is 3. The molecule has 2 aliphatic rings. The third-order valence-electron chi connectivity index (χ3n) is 4.21. The highest BCUT2D eigenvalue weighted by Crippen LogP contribution is 2.44. The van der Waals surface area contributed by atoms with E-state index in [-0.39, 0.29) is 25.3 Å². The Bertz CT molecular complexity index is 481. The van der Waals surface area contributed by atoms with Crippen molar-refractivity contribution in [1.82, 2.24) is 4.90 Å². The monoisotopic (exact) mass is 297 g/mol. The summed E-state index contributed by atoms with van der Waals surface area (Å²) in [4.78, 5) is 37.3. The lowest BCUT2D eigenvalue weighted by Crippen LogP contribution is -2.59. The average molecular weight is 297 g/mol. The van der Waals surface area contributed by atoms with Gasteiger partial charge in [-0.05, 0) is 33.6 Å². The van der Waals surface area contributed by atoms with Crippen molar-refractivity contribution in [2.75, 3.05) is 13.1 Å². The molecule has 6 heteroatoms. The second-order valence-corrected chi connectivity index (χ2v) is 7.46. The molecule has 1 aliphatic carbocycles. The fourth-order valence-corrected chi connectivity index (χ4v) is 3.38. The molecule has 0 aromatic carbocycles. The number of likely N-dealkylation sites (tertiary alicyclic amines) is 1. The van der Waals surface area contributed by atoms with Crippen LogP contribution in [0.1, 0.15) is 40.5 Å². The molecule has 21 heavy (non-hydrogen) atoms. The second kappa shape index (κ2) is 5.00. The number of amides is 1. The molecule has 1 saturated heterocycles. The Morgan fingerprint density at radius 2 is 2.00 bits per heavy atom. The molecule has 0 spiro atoms. The van der Waals surface area contributed by atoms with Crippen molar-refractivity contribution in [3.63, 3.8) is 0 Å². The minimum atomic E-state index is -0.857. The van der Waals surface area contributed by atoms with Gasteiger partial charge >= 0.3 is 12.1 Å². The van der Waals surface area contributed by atoms with Crippen LogP contribution < -0.4 is 0 Å². The van der Waals surface area contributed by atoms with Crippen molar-refractivity contribution in [2.24, 2.45) is 17.3 Å². The van der Waals surface area contributed by atoms with Crippen molar-refractivity contribution in [3.8, 4) is 0 Å². The van der Waals surface area contributed by atoms with Crippen LogP contribution in [0.4, 0.5) is 4.79 Å². The van der Waals surface area contributed by atoms with Gasteiger partial charge in [-0.2, -0.15) is 0 Å². The summed E-state index contributed by atoms with van der Waals surface area (Å²) in [5.41, 5.74) is -1.36. The summed E-state index contributed by atoms with van der Waals surface area (Å²) in [5, 5.41) is 9.21. The van der Waals surface area contributed by atoms with Gasteiger partial charge in [-0.3, -0.25) is 9.59 Å². The number of ketones is 1. The molecular weight excluding hydrogens is 274 g/mol. The van der Waals surface area contributed by atoms with Crippen molar-refractivity contribution >= 4 is 17.8 Å². The number of Topliss-reactive ketones (excluding diaryl/α,β-unsaturated/α-hetero) is 1. The summed E-state index contributed by atoms with van der Waals surface area (Å²) in [7, 11) is 0. The van der Waals surface area contributed by atoms with Crippen molar-refractivity contribution in [1.29, 1.82) is 0 Å². The van der Waals surface area contributed by atoms with E-state index in [1.54, 1.807) is 32.6 Å². The fourth-order valence-electron chi connectivity index (χ4n) is 3.38. The second-order valence-electron chi connectivity index (χ2n) is 7.46. The van der Waals surface area contributed by atoms with Gasteiger partial charge in [0.1, 0.15) is 11.4 Å². The summed E-state index contributed by atoms with van der Waals surface area (Å²) in [6.07, 6.45) is 0.167. The van der Waals surface area contributed by atoms with Crippen LogP contribution in [0.3, 0.4) is 0 Å². The number of carboxylic acid groups (broad SMARTS) is 1. The number of ether oxygens (including phenoxy) is 1. The number of nitrogens with zero attached hydrogens (tertiary/aromatic N) is 1. The van der Waals surface area contributed by atoms with Gasteiger partial charge in [0, 0.05) is 24.4 Å². The molecule has 1 saturated carbocycles. The first-order valence-electron chi connectivity index (χ1n) is 7.27. The topological polar surface area (TPSA) is 83.9 Å². The number of piperidine rings is 1. The van der Waals surface area contributed by atoms with E-state index < -0.39 is 34.9 Å². The summed E-state index contributed by atoms with van der Waals surface area (Å²) in [6.45, 7) is 7.64. The molecule has 2 bridgehead atoms. The van der Waals surface area contributed by atoms with Crippen LogP contribution in [-0.2, 0) is 14.3 Å². The lowest BCUT2D eigenvalue weighted by Gasteiger charge is -2.48. The quantitative estimate of drug-likeness (QED) is 0.799. The van der Waals surface area contributed by atoms with E-state index in [0.717, 1.165) is 0 Å². The Kier molecular flexibility index (Phi) is 3.76. The maximum absolute atomic E-state index is 12.4. The molecule has 3 atom stereocenters. The molecule has 3 unspecified atom stereocenters. The number of aliphatic carboxylic acids is 1. The van der Waals surface area contributed by atoms with E-state index in [1.807, 2.05) is 0 Å². The standard InChI is InChI=1S/C15H23NO5/c1-14(2,3)21-13(20)16-7-10-5-9(12(18)19)6-15(4,8-16)11(10)17/h9-10H,5-8H2,1-4H3,(H,18,19). The molecule has 1 N–H and O–H groups in total. The van der Waals surface area contributed by atoms with Crippen molar-refractivity contribution in [2.45, 2.75) is 46.1 Å². The first-order chi connectivity index (χ1) is 9.52.